The van der Waals surface area contributed by atoms with Crippen molar-refractivity contribution in [1.29, 1.82) is 0 Å². The summed E-state index contributed by atoms with van der Waals surface area (Å²) in [5.41, 5.74) is 4.25. The molecule has 1 aliphatic rings. The standard InChI is InChI=1S/C14H15N/c1-10-7-8-14-12(9-10)11-5-3-4-6-13(11)15(14)2/h3-8,10H,9H2,1-2H3. The third-order valence-corrected chi connectivity index (χ3v) is 3.37. The first-order valence-electron chi connectivity index (χ1n) is 5.52. The molecule has 1 atom stereocenters. The number of hydrogen-bond donors (Lipinski definition) is 0. The van der Waals surface area contributed by atoms with Crippen LogP contribution in [0, 0.1) is 5.92 Å². The number of aromatic nitrogens is 1. The highest BCUT2D eigenvalue weighted by molar-refractivity contribution is 5.88. The van der Waals surface area contributed by atoms with E-state index < -0.39 is 0 Å². The zero-order valence-corrected chi connectivity index (χ0v) is 9.20. The Labute approximate surface area is 90.0 Å². The van der Waals surface area contributed by atoms with E-state index in [9.17, 15) is 0 Å². The fourth-order valence-corrected chi connectivity index (χ4v) is 2.56. The Morgan fingerprint density at radius 2 is 2.07 bits per heavy atom. The Bertz CT molecular complexity index is 546. The van der Waals surface area contributed by atoms with Crippen LogP contribution in [0.3, 0.4) is 0 Å². The predicted octanol–water partition coefficient (Wildman–Crippen LogP) is 3.38. The van der Waals surface area contributed by atoms with Gasteiger partial charge < -0.3 is 4.57 Å². The van der Waals surface area contributed by atoms with Crippen molar-refractivity contribution in [2.45, 2.75) is 13.3 Å². The minimum absolute atomic E-state index is 0.670. The van der Waals surface area contributed by atoms with Crippen molar-refractivity contribution in [1.82, 2.24) is 4.57 Å². The van der Waals surface area contributed by atoms with Crippen LogP contribution in [0.2, 0.25) is 0 Å². The number of benzene rings is 1. The number of hydrogen-bond acceptors (Lipinski definition) is 0. The lowest BCUT2D eigenvalue weighted by Crippen LogP contribution is -2.03. The van der Waals surface area contributed by atoms with Gasteiger partial charge in [-0.15, -0.1) is 0 Å². The molecule has 0 saturated carbocycles. The number of allylic oxidation sites excluding steroid dienone is 1. The molecule has 0 amide bonds. The molecule has 0 fully saturated rings. The van der Waals surface area contributed by atoms with Crippen LogP contribution in [0.25, 0.3) is 17.0 Å². The van der Waals surface area contributed by atoms with E-state index in [-0.39, 0.29) is 0 Å². The van der Waals surface area contributed by atoms with Gasteiger partial charge in [0.1, 0.15) is 0 Å². The lowest BCUT2D eigenvalue weighted by Gasteiger charge is -2.13. The summed E-state index contributed by atoms with van der Waals surface area (Å²) in [6.45, 7) is 2.28. The Kier molecular flexibility index (Phi) is 1.75. The molecule has 0 saturated heterocycles. The van der Waals surface area contributed by atoms with Crippen molar-refractivity contribution >= 4 is 17.0 Å². The van der Waals surface area contributed by atoms with Crippen molar-refractivity contribution in [3.05, 3.63) is 41.6 Å². The van der Waals surface area contributed by atoms with Crippen LogP contribution in [0.1, 0.15) is 18.2 Å². The van der Waals surface area contributed by atoms with Gasteiger partial charge in [-0.25, -0.2) is 0 Å². The molecule has 1 heterocycles. The van der Waals surface area contributed by atoms with Crippen molar-refractivity contribution in [3.63, 3.8) is 0 Å². The molecular formula is C14H15N. The van der Waals surface area contributed by atoms with Gasteiger partial charge in [-0.1, -0.05) is 31.2 Å². The molecule has 0 N–H and O–H groups in total. The Morgan fingerprint density at radius 3 is 2.93 bits per heavy atom. The summed E-state index contributed by atoms with van der Waals surface area (Å²) < 4.78 is 2.30. The second kappa shape index (κ2) is 2.99. The molecular weight excluding hydrogens is 182 g/mol. The van der Waals surface area contributed by atoms with E-state index in [1.54, 1.807) is 0 Å². The number of rotatable bonds is 0. The first-order valence-corrected chi connectivity index (χ1v) is 5.52. The second-order valence-corrected chi connectivity index (χ2v) is 4.48. The Hall–Kier alpha value is -1.50. The third kappa shape index (κ3) is 1.16. The van der Waals surface area contributed by atoms with Crippen molar-refractivity contribution < 1.29 is 0 Å². The van der Waals surface area contributed by atoms with Gasteiger partial charge in [0.05, 0.1) is 0 Å². The first-order chi connectivity index (χ1) is 7.27. The third-order valence-electron chi connectivity index (χ3n) is 3.37. The predicted molar refractivity (Wildman–Crippen MR) is 64.8 cm³/mol. The molecule has 3 rings (SSSR count). The highest BCUT2D eigenvalue weighted by atomic mass is 14.9. The van der Waals surface area contributed by atoms with Crippen LogP contribution in [-0.4, -0.2) is 4.57 Å². The molecule has 0 aliphatic heterocycles. The van der Waals surface area contributed by atoms with Crippen LogP contribution in [-0.2, 0) is 13.5 Å². The quantitative estimate of drug-likeness (QED) is 0.610. The highest BCUT2D eigenvalue weighted by Crippen LogP contribution is 2.31. The van der Waals surface area contributed by atoms with Crippen LogP contribution >= 0.6 is 0 Å². The van der Waals surface area contributed by atoms with Gasteiger partial charge in [-0.05, 0) is 30.0 Å². The van der Waals surface area contributed by atoms with Gasteiger partial charge in [0, 0.05) is 23.6 Å². The monoisotopic (exact) mass is 197 g/mol. The summed E-state index contributed by atoms with van der Waals surface area (Å²) in [4.78, 5) is 0. The average molecular weight is 197 g/mol. The zero-order chi connectivity index (χ0) is 10.4. The minimum atomic E-state index is 0.670. The van der Waals surface area contributed by atoms with E-state index >= 15 is 0 Å². The molecule has 0 spiro atoms. The van der Waals surface area contributed by atoms with Crippen LogP contribution in [0.4, 0.5) is 0 Å². The SMILES string of the molecule is CC1C=Cc2c(c3ccccc3n2C)C1. The molecule has 15 heavy (non-hydrogen) atoms. The van der Waals surface area contributed by atoms with E-state index in [4.69, 9.17) is 0 Å². The minimum Gasteiger partial charge on any atom is -0.344 e. The van der Waals surface area contributed by atoms with Crippen molar-refractivity contribution in [3.8, 4) is 0 Å². The summed E-state index contributed by atoms with van der Waals surface area (Å²) in [5, 5.41) is 1.42. The number of aryl methyl sites for hydroxylation is 1. The summed E-state index contributed by atoms with van der Waals surface area (Å²) >= 11 is 0. The largest absolute Gasteiger partial charge is 0.344 e. The normalized spacial score (nSPS) is 19.5. The molecule has 1 heteroatoms. The molecule has 1 aromatic heterocycles. The molecule has 1 aromatic carbocycles. The van der Waals surface area contributed by atoms with E-state index in [1.165, 1.54) is 28.6 Å². The molecule has 76 valence electrons. The maximum Gasteiger partial charge on any atom is 0.0485 e. The van der Waals surface area contributed by atoms with Gasteiger partial charge in [-0.2, -0.15) is 0 Å². The maximum atomic E-state index is 2.31. The smallest absolute Gasteiger partial charge is 0.0485 e. The van der Waals surface area contributed by atoms with E-state index in [0.717, 1.165) is 0 Å². The van der Waals surface area contributed by atoms with E-state index in [1.807, 2.05) is 0 Å². The van der Waals surface area contributed by atoms with Crippen molar-refractivity contribution in [2.24, 2.45) is 13.0 Å². The van der Waals surface area contributed by atoms with E-state index in [2.05, 4.69) is 55.0 Å². The van der Waals surface area contributed by atoms with Crippen LogP contribution < -0.4 is 0 Å². The number of fused-ring (bicyclic) bond motifs is 3. The van der Waals surface area contributed by atoms with Gasteiger partial charge in [-0.3, -0.25) is 0 Å². The number of para-hydroxylation sites is 1. The summed E-state index contributed by atoms with van der Waals surface area (Å²) in [7, 11) is 2.15. The molecule has 2 aromatic rings. The number of nitrogens with zero attached hydrogens (tertiary/aromatic N) is 1. The fourth-order valence-electron chi connectivity index (χ4n) is 2.56. The van der Waals surface area contributed by atoms with Gasteiger partial charge >= 0.3 is 0 Å². The highest BCUT2D eigenvalue weighted by Gasteiger charge is 2.17. The zero-order valence-electron chi connectivity index (χ0n) is 9.20. The molecule has 1 nitrogen and oxygen atoms in total. The Morgan fingerprint density at radius 1 is 1.27 bits per heavy atom. The molecule has 1 aliphatic carbocycles. The lowest BCUT2D eigenvalue weighted by molar-refractivity contribution is 0.714. The summed E-state index contributed by atoms with van der Waals surface area (Å²) in [5.74, 6) is 0.670. The average Bonchev–Trinajstić information content (AvgIpc) is 2.54. The maximum absolute atomic E-state index is 2.31. The first kappa shape index (κ1) is 8.78. The van der Waals surface area contributed by atoms with Gasteiger partial charge in [0.25, 0.3) is 0 Å². The molecule has 0 bridgehead atoms. The summed E-state index contributed by atoms with van der Waals surface area (Å²) in [6, 6.07) is 8.68. The van der Waals surface area contributed by atoms with Gasteiger partial charge in [0.15, 0.2) is 0 Å². The summed E-state index contributed by atoms with van der Waals surface area (Å²) in [6.07, 6.45) is 5.75. The second-order valence-electron chi connectivity index (χ2n) is 4.48. The lowest BCUT2D eigenvalue weighted by atomic mass is 9.93. The van der Waals surface area contributed by atoms with Crippen molar-refractivity contribution in [2.75, 3.05) is 0 Å². The Balaban J connectivity index is 2.39. The topological polar surface area (TPSA) is 4.93 Å². The molecule has 0 radical (unpaired) electrons. The van der Waals surface area contributed by atoms with Crippen LogP contribution in [0.15, 0.2) is 30.3 Å². The fraction of sp³-hybridized carbons (Fsp3) is 0.286. The molecule has 1 unspecified atom stereocenters. The van der Waals surface area contributed by atoms with Gasteiger partial charge in [0.2, 0.25) is 0 Å². The van der Waals surface area contributed by atoms with Crippen LogP contribution in [0.5, 0.6) is 0 Å². The van der Waals surface area contributed by atoms with E-state index in [0.29, 0.717) is 5.92 Å².